The molecule has 14 nitrogen and oxygen atoms in total. The van der Waals surface area contributed by atoms with Gasteiger partial charge in [-0.2, -0.15) is 0 Å². The molecule has 0 radical (unpaired) electrons. The zero-order valence-electron chi connectivity index (χ0n) is 59.5. The fourth-order valence-electron chi connectivity index (χ4n) is 16.5. The molecule has 0 aliphatic carbocycles. The summed E-state index contributed by atoms with van der Waals surface area (Å²) in [4.78, 5) is 27.6. The van der Waals surface area contributed by atoms with Gasteiger partial charge in [-0.15, -0.1) is 0 Å². The summed E-state index contributed by atoms with van der Waals surface area (Å²) in [6.07, 6.45) is 15.6. The van der Waals surface area contributed by atoms with Crippen molar-refractivity contribution in [1.82, 2.24) is 53.6 Å². The number of aliphatic hydroxyl groups is 3. The van der Waals surface area contributed by atoms with E-state index >= 15 is 0 Å². The molecule has 5 aliphatic rings. The van der Waals surface area contributed by atoms with E-state index in [1.54, 1.807) is 41.6 Å². The molecule has 3 atom stereocenters. The van der Waals surface area contributed by atoms with Crippen LogP contribution < -0.4 is 0 Å². The highest BCUT2D eigenvalue weighted by Crippen LogP contribution is 2.38. The Kier molecular flexibility index (Phi) is 20.5. The summed E-state index contributed by atoms with van der Waals surface area (Å²) >= 11 is 0. The zero-order valence-corrected chi connectivity index (χ0v) is 59.5. The lowest BCUT2D eigenvalue weighted by molar-refractivity contribution is 0.178. The molecule has 11 heterocycles. The number of aryl methyl sites for hydroxylation is 7. The van der Waals surface area contributed by atoms with Crippen molar-refractivity contribution >= 4 is 43.6 Å². The van der Waals surface area contributed by atoms with Crippen molar-refractivity contribution in [2.45, 2.75) is 143 Å². The predicted molar refractivity (Wildman–Crippen MR) is 397 cm³/mol. The number of nitrogens with one attached hydrogen (secondary N) is 2. The van der Waals surface area contributed by atoms with Gasteiger partial charge in [0.1, 0.15) is 0 Å². The number of nitrogens with zero attached hydrogens (tertiary/aromatic N) is 9. The second-order valence-corrected chi connectivity index (χ2v) is 29.3. The minimum absolute atomic E-state index is 0.478. The fraction of sp³-hybridized carbons (Fsp3) is 0.422. The second-order valence-electron chi connectivity index (χ2n) is 29.3. The van der Waals surface area contributed by atoms with Crippen LogP contribution in [0.4, 0.5) is 0 Å². The van der Waals surface area contributed by atoms with E-state index in [9.17, 15) is 15.3 Å². The van der Waals surface area contributed by atoms with Crippen molar-refractivity contribution in [1.29, 1.82) is 0 Å². The van der Waals surface area contributed by atoms with Gasteiger partial charge < -0.3 is 58.9 Å². The van der Waals surface area contributed by atoms with Crippen LogP contribution in [0.15, 0.2) is 122 Å². The standard InChI is InChI=1S/C22H26N2O.C21H25N3O.C20H23N3O.C20H29N3/c1-14-4-6-16(7-5-14)21(25)12-17-10-15(2)11-18-19-13-24(3)9-8-20(19)23-22(17)18;1-14-10-16(12-20(25)15-4-7-22-8-5-15)21-17(11-14)18-13-23(2)9-6-19(18)24(21)3;1-13-9-15(11-19(24)14-3-6-21-7-4-14)20-16(10-13)17-12-23(2)8-5-18(17)22-20;1-15-12-16(6-11-23-8-4-5-9-23)20-17(13-15)18-14-21(2)10-7-19(18)22(20)3/h4-7,10-11,21,23,25H,8-9,12-13H2,1-3H3;4-5,7-8,10-11,20,25H,6,9,12-13H2,1-3H3;3-4,6-7,9-10,19,22,24H,5,8,11-12H2,1-2H3;12-13H,4-11,14H2,1-3H3. The topological polar surface area (TPSA) is 144 Å². The number of aliphatic hydroxyl groups excluding tert-OH is 3. The van der Waals surface area contributed by atoms with Crippen molar-refractivity contribution < 1.29 is 15.3 Å². The molecule has 3 unspecified atom stereocenters. The van der Waals surface area contributed by atoms with Crippen LogP contribution in [0.5, 0.6) is 0 Å². The minimum Gasteiger partial charge on any atom is -0.388 e. The number of fused-ring (bicyclic) bond motifs is 12. The van der Waals surface area contributed by atoms with Gasteiger partial charge in [-0.1, -0.05) is 76.3 Å². The zero-order chi connectivity index (χ0) is 67.8. The van der Waals surface area contributed by atoms with Crippen LogP contribution in [0.2, 0.25) is 0 Å². The van der Waals surface area contributed by atoms with E-state index in [-0.39, 0.29) is 0 Å². The maximum atomic E-state index is 10.7. The van der Waals surface area contributed by atoms with Crippen molar-refractivity contribution in [3.63, 3.8) is 0 Å². The van der Waals surface area contributed by atoms with E-state index in [2.05, 4.69) is 191 Å². The van der Waals surface area contributed by atoms with Crippen LogP contribution in [0, 0.1) is 34.6 Å². The van der Waals surface area contributed by atoms with E-state index in [1.165, 1.54) is 174 Å². The number of hydrogen-bond acceptors (Lipinski definition) is 10. The number of aromatic amines is 2. The van der Waals surface area contributed by atoms with E-state index in [1.807, 2.05) is 36.4 Å². The maximum absolute atomic E-state index is 10.7. The van der Waals surface area contributed by atoms with Crippen LogP contribution in [0.3, 0.4) is 0 Å². The Morgan fingerprint density at radius 3 is 1.20 bits per heavy atom. The van der Waals surface area contributed by atoms with Gasteiger partial charge in [0.25, 0.3) is 0 Å². The number of aromatic nitrogens is 6. The fourth-order valence-corrected chi connectivity index (χ4v) is 16.5. The largest absolute Gasteiger partial charge is 0.388 e. The molecule has 0 saturated carbocycles. The molecule has 11 aromatic rings. The summed E-state index contributed by atoms with van der Waals surface area (Å²) < 4.78 is 4.85. The van der Waals surface area contributed by atoms with E-state index in [0.29, 0.717) is 19.3 Å². The van der Waals surface area contributed by atoms with Gasteiger partial charge in [0, 0.05) is 198 Å². The van der Waals surface area contributed by atoms with Crippen molar-refractivity contribution in [2.24, 2.45) is 14.1 Å². The summed E-state index contributed by atoms with van der Waals surface area (Å²) in [5, 5.41) is 37.6. The number of benzene rings is 5. The Bertz CT molecular complexity index is 4570. The Morgan fingerprint density at radius 1 is 0.392 bits per heavy atom. The van der Waals surface area contributed by atoms with Gasteiger partial charge in [0.15, 0.2) is 0 Å². The predicted octanol–water partition coefficient (Wildman–Crippen LogP) is 13.4. The van der Waals surface area contributed by atoms with E-state index < -0.39 is 18.3 Å². The molecule has 5 aliphatic heterocycles. The molecule has 1 saturated heterocycles. The molecule has 5 N–H and O–H groups in total. The number of hydrogen-bond donors (Lipinski definition) is 5. The molecule has 0 bridgehead atoms. The molecule has 97 heavy (non-hydrogen) atoms. The van der Waals surface area contributed by atoms with Crippen LogP contribution >= 0.6 is 0 Å². The Labute approximate surface area is 574 Å². The highest BCUT2D eigenvalue weighted by molar-refractivity contribution is 5.92. The molecule has 6 aromatic heterocycles. The highest BCUT2D eigenvalue weighted by Gasteiger charge is 2.28. The number of H-pyrrole nitrogens is 2. The summed E-state index contributed by atoms with van der Waals surface area (Å²) in [6.45, 7) is 23.1. The summed E-state index contributed by atoms with van der Waals surface area (Å²) in [5.41, 5.74) is 31.1. The first kappa shape index (κ1) is 67.8. The summed E-state index contributed by atoms with van der Waals surface area (Å²) in [6, 6.07) is 34.0. The van der Waals surface area contributed by atoms with Gasteiger partial charge in [0.05, 0.1) is 29.3 Å². The lowest BCUT2D eigenvalue weighted by Crippen LogP contribution is -2.26. The van der Waals surface area contributed by atoms with Crippen molar-refractivity contribution in [2.75, 3.05) is 74.0 Å². The summed E-state index contributed by atoms with van der Waals surface area (Å²) in [5.74, 6) is 0. The average molecular weight is 1300 g/mol. The van der Waals surface area contributed by atoms with Gasteiger partial charge in [-0.3, -0.25) is 9.97 Å². The van der Waals surface area contributed by atoms with Gasteiger partial charge >= 0.3 is 0 Å². The molecular formula is C83H103N11O3. The molecule has 1 fully saturated rings. The monoisotopic (exact) mass is 1300 g/mol. The number of rotatable bonds is 12. The Balaban J connectivity index is 0.000000117. The number of pyridine rings is 2. The van der Waals surface area contributed by atoms with Crippen LogP contribution in [-0.2, 0) is 91.6 Å². The molecule has 14 heteroatoms. The van der Waals surface area contributed by atoms with E-state index in [4.69, 9.17) is 0 Å². The summed E-state index contributed by atoms with van der Waals surface area (Å²) in [7, 11) is 13.2. The van der Waals surface area contributed by atoms with E-state index in [0.717, 1.165) is 81.8 Å². The number of likely N-dealkylation sites (tertiary alicyclic amines) is 1. The first-order chi connectivity index (χ1) is 46.8. The molecule has 5 aromatic carbocycles. The van der Waals surface area contributed by atoms with Crippen LogP contribution in [0.1, 0.15) is 143 Å². The maximum Gasteiger partial charge on any atom is 0.0832 e. The van der Waals surface area contributed by atoms with Crippen molar-refractivity contribution in [3.8, 4) is 0 Å². The molecule has 0 amide bonds. The van der Waals surface area contributed by atoms with Crippen LogP contribution in [0.25, 0.3) is 43.6 Å². The van der Waals surface area contributed by atoms with Crippen LogP contribution in [-0.4, -0.2) is 143 Å². The highest BCUT2D eigenvalue weighted by atomic mass is 16.3. The molecule has 0 spiro atoms. The SMILES string of the molecule is Cc1cc(CC(O)c2ccncc2)c2[nH]c3c(c2c1)CN(C)CC3.Cc1cc(CC(O)c2ccncc2)c2c(c1)c1c(n2C)CCN(C)C1.Cc1cc(CCN2CCCC2)c2c(c1)c1c(n2C)CCN(C)C1.Cc1ccc(C(O)Cc2cc(C)cc3c4c([nH]c23)CCN(C)C4)cc1. The third kappa shape index (κ3) is 14.8. The smallest absolute Gasteiger partial charge is 0.0832 e. The van der Waals surface area contributed by atoms with Gasteiger partial charge in [0.2, 0.25) is 0 Å². The second kappa shape index (κ2) is 29.4. The van der Waals surface area contributed by atoms with Gasteiger partial charge in [-0.05, 0) is 205 Å². The average Bonchev–Trinajstić information content (AvgIpc) is 1.63. The lowest BCUT2D eigenvalue weighted by atomic mass is 9.96. The molecular weight excluding hydrogens is 1200 g/mol. The van der Waals surface area contributed by atoms with Crippen molar-refractivity contribution in [3.05, 3.63) is 234 Å². The van der Waals surface area contributed by atoms with Gasteiger partial charge in [-0.25, -0.2) is 0 Å². The Hall–Kier alpha value is -7.76. The lowest BCUT2D eigenvalue weighted by Gasteiger charge is -2.23. The normalized spacial score (nSPS) is 17.0. The third-order valence-electron chi connectivity index (χ3n) is 21.6. The molecule has 16 rings (SSSR count). The minimum atomic E-state index is -0.513. The first-order valence-corrected chi connectivity index (χ1v) is 35.6. The number of likely N-dealkylation sites (N-methyl/N-ethyl adjacent to an activating group) is 4. The first-order valence-electron chi connectivity index (χ1n) is 35.6. The quantitative estimate of drug-likeness (QED) is 0.0802. The third-order valence-corrected chi connectivity index (χ3v) is 21.6. The molecule has 508 valence electrons. The Morgan fingerprint density at radius 2 is 0.753 bits per heavy atom.